The maximum absolute atomic E-state index is 12.4. The summed E-state index contributed by atoms with van der Waals surface area (Å²) in [5.74, 6) is 0. The average Bonchev–Trinajstić information content (AvgIpc) is 2.84. The molecule has 0 amide bonds. The second-order valence-electron chi connectivity index (χ2n) is 7.84. The summed E-state index contributed by atoms with van der Waals surface area (Å²) in [6, 6.07) is 42.4. The van der Waals surface area contributed by atoms with E-state index in [1.54, 1.807) is 0 Å². The Labute approximate surface area is 181 Å². The van der Waals surface area contributed by atoms with Gasteiger partial charge in [-0.05, 0) is 48.5 Å². The molecule has 4 aromatic rings. The highest BCUT2D eigenvalue weighted by molar-refractivity contribution is 8.04. The van der Waals surface area contributed by atoms with E-state index in [1.165, 1.54) is 21.2 Å². The second kappa shape index (κ2) is 8.83. The smallest absolute Gasteiger partial charge is 0.283 e. The van der Waals surface area contributed by atoms with E-state index in [9.17, 15) is 5.11 Å². The molecular formula is C27H28OP2+2. The molecular weight excluding hydrogens is 402 g/mol. The highest BCUT2D eigenvalue weighted by Gasteiger charge is 2.61. The number of rotatable bonds is 6. The van der Waals surface area contributed by atoms with E-state index in [1.807, 2.05) is 24.3 Å². The van der Waals surface area contributed by atoms with Gasteiger partial charge < -0.3 is 5.11 Å². The van der Waals surface area contributed by atoms with Crippen LogP contribution in [0, 0.1) is 0 Å². The van der Waals surface area contributed by atoms with Crippen molar-refractivity contribution in [3.63, 3.8) is 0 Å². The van der Waals surface area contributed by atoms with Crippen molar-refractivity contribution in [2.75, 3.05) is 13.3 Å². The van der Waals surface area contributed by atoms with E-state index in [-0.39, 0.29) is 0 Å². The number of hydrogen-bond donors (Lipinski definition) is 1. The predicted molar refractivity (Wildman–Crippen MR) is 136 cm³/mol. The molecule has 0 fully saturated rings. The van der Waals surface area contributed by atoms with E-state index in [0.29, 0.717) is 0 Å². The fraction of sp³-hybridized carbons (Fsp3) is 0.111. The molecule has 0 radical (unpaired) electrons. The molecule has 0 aliphatic carbocycles. The largest absolute Gasteiger partial charge is 0.328 e. The Balaban J connectivity index is 1.98. The van der Waals surface area contributed by atoms with Gasteiger partial charge in [0.2, 0.25) is 0 Å². The molecule has 150 valence electrons. The lowest BCUT2D eigenvalue weighted by molar-refractivity contribution is 0.333. The summed E-state index contributed by atoms with van der Waals surface area (Å²) in [7, 11) is -4.23. The van der Waals surface area contributed by atoms with Crippen LogP contribution < -0.4 is 21.2 Å². The van der Waals surface area contributed by atoms with Crippen LogP contribution in [0.25, 0.3) is 0 Å². The van der Waals surface area contributed by atoms with Crippen LogP contribution in [0.3, 0.4) is 0 Å². The van der Waals surface area contributed by atoms with Crippen molar-refractivity contribution in [3.05, 3.63) is 121 Å². The number of aliphatic hydroxyl groups is 1. The second-order valence-corrected chi connectivity index (χ2v) is 15.6. The standard InChI is InChI=1S/C27H28OP2/c1-29(23-15-7-3-8-16-23,24-17-9-4-10-18-24)27(28)30(2,25-19-11-5-12-20-25)26-21-13-6-14-22-26/h3-22,27-28H,1-2H3/q+2. The predicted octanol–water partition coefficient (Wildman–Crippen LogP) is 4.86. The van der Waals surface area contributed by atoms with Gasteiger partial charge in [-0.1, -0.05) is 72.8 Å². The maximum atomic E-state index is 12.4. The lowest BCUT2D eigenvalue weighted by atomic mass is 10.4. The first-order valence-corrected chi connectivity index (χ1v) is 14.8. The summed E-state index contributed by atoms with van der Waals surface area (Å²) < 4.78 is 0. The minimum absolute atomic E-state index is 0.486. The van der Waals surface area contributed by atoms with Crippen molar-refractivity contribution in [1.29, 1.82) is 0 Å². The van der Waals surface area contributed by atoms with E-state index < -0.39 is 20.1 Å². The zero-order valence-electron chi connectivity index (χ0n) is 17.5. The Morgan fingerprint density at radius 3 is 0.833 bits per heavy atom. The molecule has 0 unspecified atom stereocenters. The van der Waals surface area contributed by atoms with Crippen LogP contribution in [0.5, 0.6) is 0 Å². The lowest BCUT2D eigenvalue weighted by Crippen LogP contribution is -2.38. The first kappa shape index (κ1) is 21.0. The van der Waals surface area contributed by atoms with Gasteiger partial charge in [0.1, 0.15) is 35.7 Å². The lowest BCUT2D eigenvalue weighted by Gasteiger charge is -2.34. The summed E-state index contributed by atoms with van der Waals surface area (Å²) >= 11 is 0. The minimum Gasteiger partial charge on any atom is -0.328 e. The Hall–Kier alpha value is -2.30. The van der Waals surface area contributed by atoms with E-state index >= 15 is 0 Å². The quantitative estimate of drug-likeness (QED) is 0.433. The van der Waals surface area contributed by atoms with Crippen molar-refractivity contribution in [1.82, 2.24) is 0 Å². The van der Waals surface area contributed by atoms with E-state index in [0.717, 1.165) is 0 Å². The Kier molecular flexibility index (Phi) is 6.16. The molecule has 0 aromatic heterocycles. The fourth-order valence-corrected chi connectivity index (χ4v) is 14.4. The van der Waals surface area contributed by atoms with Crippen LogP contribution >= 0.6 is 14.5 Å². The normalized spacial score (nSPS) is 12.1. The van der Waals surface area contributed by atoms with Gasteiger partial charge >= 0.3 is 0 Å². The molecule has 1 nitrogen and oxygen atoms in total. The third-order valence-electron chi connectivity index (χ3n) is 6.09. The molecule has 0 atom stereocenters. The highest BCUT2D eigenvalue weighted by Crippen LogP contribution is 2.73. The van der Waals surface area contributed by atoms with Gasteiger partial charge in [0.05, 0.1) is 13.3 Å². The maximum Gasteiger partial charge on any atom is 0.283 e. The van der Waals surface area contributed by atoms with Crippen LogP contribution in [0.1, 0.15) is 0 Å². The minimum atomic E-state index is -2.11. The molecule has 0 aliphatic rings. The molecule has 3 heteroatoms. The average molecular weight is 430 g/mol. The summed E-state index contributed by atoms with van der Waals surface area (Å²) in [4.78, 5) is 0. The third kappa shape index (κ3) is 3.63. The molecule has 0 spiro atoms. The summed E-state index contributed by atoms with van der Waals surface area (Å²) in [6.45, 7) is 4.60. The monoisotopic (exact) mass is 430 g/mol. The topological polar surface area (TPSA) is 20.2 Å². The number of aliphatic hydroxyl groups excluding tert-OH is 1. The Morgan fingerprint density at radius 2 is 0.633 bits per heavy atom. The molecule has 0 saturated heterocycles. The summed E-state index contributed by atoms with van der Waals surface area (Å²) in [5.41, 5.74) is -0.486. The molecule has 0 bridgehead atoms. The Bertz CT molecular complexity index is 899. The van der Waals surface area contributed by atoms with Crippen molar-refractivity contribution in [2.45, 2.75) is 5.59 Å². The molecule has 0 heterocycles. The molecule has 30 heavy (non-hydrogen) atoms. The van der Waals surface area contributed by atoms with Crippen LogP contribution in [-0.2, 0) is 0 Å². The van der Waals surface area contributed by atoms with Crippen molar-refractivity contribution in [2.24, 2.45) is 0 Å². The molecule has 0 saturated carbocycles. The van der Waals surface area contributed by atoms with Crippen molar-refractivity contribution < 1.29 is 5.11 Å². The van der Waals surface area contributed by atoms with Crippen LogP contribution in [0.4, 0.5) is 0 Å². The Morgan fingerprint density at radius 1 is 0.433 bits per heavy atom. The van der Waals surface area contributed by atoms with Gasteiger partial charge in [-0.3, -0.25) is 0 Å². The van der Waals surface area contributed by atoms with Crippen LogP contribution in [0.15, 0.2) is 121 Å². The third-order valence-corrected chi connectivity index (χ3v) is 16.2. The number of hydrogen-bond acceptors (Lipinski definition) is 1. The van der Waals surface area contributed by atoms with E-state index in [2.05, 4.69) is 110 Å². The van der Waals surface area contributed by atoms with Gasteiger partial charge in [-0.25, -0.2) is 0 Å². The highest BCUT2D eigenvalue weighted by atomic mass is 31.2. The van der Waals surface area contributed by atoms with Gasteiger partial charge in [-0.2, -0.15) is 0 Å². The molecule has 0 aliphatic heterocycles. The fourth-order valence-electron chi connectivity index (χ4n) is 4.24. The molecule has 4 rings (SSSR count). The SMILES string of the molecule is C[P+](c1ccccc1)(c1ccccc1)C(O)[P+](C)(c1ccccc1)c1ccccc1. The summed E-state index contributed by atoms with van der Waals surface area (Å²) in [6.07, 6.45) is 0. The van der Waals surface area contributed by atoms with Crippen molar-refractivity contribution in [3.8, 4) is 0 Å². The zero-order chi connectivity index (χ0) is 21.0. The first-order chi connectivity index (χ1) is 14.6. The van der Waals surface area contributed by atoms with Crippen molar-refractivity contribution >= 4 is 35.7 Å². The van der Waals surface area contributed by atoms with Crippen LogP contribution in [-0.4, -0.2) is 24.0 Å². The van der Waals surface area contributed by atoms with E-state index in [4.69, 9.17) is 0 Å². The van der Waals surface area contributed by atoms with Gasteiger partial charge in [0, 0.05) is 0 Å². The van der Waals surface area contributed by atoms with Gasteiger partial charge in [0.15, 0.2) is 0 Å². The molecule has 4 aromatic carbocycles. The van der Waals surface area contributed by atoms with Gasteiger partial charge in [0.25, 0.3) is 5.59 Å². The molecule has 1 N–H and O–H groups in total. The summed E-state index contributed by atoms with van der Waals surface area (Å²) in [5, 5.41) is 17.4. The van der Waals surface area contributed by atoms with Crippen LogP contribution in [0.2, 0.25) is 0 Å². The van der Waals surface area contributed by atoms with Gasteiger partial charge in [-0.15, -0.1) is 0 Å². The first-order valence-electron chi connectivity index (χ1n) is 10.2. The zero-order valence-corrected chi connectivity index (χ0v) is 19.3. The number of benzene rings is 4.